The van der Waals surface area contributed by atoms with E-state index in [1.165, 1.54) is 17.5 Å². The monoisotopic (exact) mass is 451 g/mol. The minimum atomic E-state index is -0.968. The minimum absolute atomic E-state index is 0.269. The number of benzene rings is 2. The first-order valence-electron chi connectivity index (χ1n) is 11.5. The number of unbranched alkanes of at least 4 members (excludes halogenated alkanes) is 1. The fourth-order valence-corrected chi connectivity index (χ4v) is 8.53. The summed E-state index contributed by atoms with van der Waals surface area (Å²) in [5.74, 6) is 8.95. The second-order valence-electron chi connectivity index (χ2n) is 8.27. The molecule has 164 valence electrons. The second kappa shape index (κ2) is 10.0. The number of aliphatic hydroxyl groups is 1. The SMILES string of the molecule is CCN(CC)CC#CCCCC1(C2(O)c3ccccc3-c3ccccc32)SCCCS1. The highest BCUT2D eigenvalue weighted by molar-refractivity contribution is 8.18. The average Bonchev–Trinajstić information content (AvgIpc) is 3.10. The average molecular weight is 452 g/mol. The van der Waals surface area contributed by atoms with Gasteiger partial charge in [0.15, 0.2) is 0 Å². The van der Waals surface area contributed by atoms with Gasteiger partial charge in [0.05, 0.1) is 10.6 Å². The van der Waals surface area contributed by atoms with E-state index in [2.05, 4.69) is 79.1 Å². The van der Waals surface area contributed by atoms with Crippen molar-refractivity contribution < 1.29 is 5.11 Å². The van der Waals surface area contributed by atoms with Gasteiger partial charge in [0.1, 0.15) is 5.60 Å². The number of nitrogens with zero attached hydrogens (tertiary/aromatic N) is 1. The smallest absolute Gasteiger partial charge is 0.139 e. The van der Waals surface area contributed by atoms with Gasteiger partial charge >= 0.3 is 0 Å². The Labute approximate surface area is 196 Å². The lowest BCUT2D eigenvalue weighted by molar-refractivity contribution is 0.0681. The Morgan fingerprint density at radius 1 is 0.903 bits per heavy atom. The normalized spacial score (nSPS) is 18.2. The van der Waals surface area contributed by atoms with Crippen LogP contribution in [0.5, 0.6) is 0 Å². The second-order valence-corrected chi connectivity index (χ2v) is 11.3. The van der Waals surface area contributed by atoms with Gasteiger partial charge in [0.25, 0.3) is 0 Å². The molecule has 2 aromatic carbocycles. The predicted molar refractivity (Wildman–Crippen MR) is 137 cm³/mol. The molecule has 1 fully saturated rings. The Bertz CT molecular complexity index is 905. The molecule has 0 spiro atoms. The molecule has 0 unspecified atom stereocenters. The van der Waals surface area contributed by atoms with Crippen molar-refractivity contribution >= 4 is 23.5 Å². The van der Waals surface area contributed by atoms with Crippen molar-refractivity contribution in [2.75, 3.05) is 31.1 Å². The molecule has 0 amide bonds. The van der Waals surface area contributed by atoms with Crippen LogP contribution in [0.4, 0.5) is 0 Å². The lowest BCUT2D eigenvalue weighted by atomic mass is 9.85. The van der Waals surface area contributed by atoms with Crippen LogP contribution in [0.3, 0.4) is 0 Å². The maximum Gasteiger partial charge on any atom is 0.139 e. The molecule has 2 nitrogen and oxygen atoms in total. The van der Waals surface area contributed by atoms with Gasteiger partial charge < -0.3 is 5.11 Å². The van der Waals surface area contributed by atoms with Gasteiger partial charge in [0, 0.05) is 6.42 Å². The molecule has 1 saturated heterocycles. The van der Waals surface area contributed by atoms with Crippen LogP contribution < -0.4 is 0 Å². The zero-order valence-electron chi connectivity index (χ0n) is 18.7. The van der Waals surface area contributed by atoms with Crippen LogP contribution in [0.2, 0.25) is 0 Å². The fraction of sp³-hybridized carbons (Fsp3) is 0.481. The molecule has 4 rings (SSSR count). The van der Waals surface area contributed by atoms with Gasteiger partial charge in [-0.05, 0) is 66.1 Å². The third-order valence-electron chi connectivity index (χ3n) is 6.56. The first-order valence-corrected chi connectivity index (χ1v) is 13.5. The molecule has 0 saturated carbocycles. The van der Waals surface area contributed by atoms with Gasteiger partial charge in [-0.15, -0.1) is 29.4 Å². The lowest BCUT2D eigenvalue weighted by Crippen LogP contribution is -2.48. The highest BCUT2D eigenvalue weighted by atomic mass is 32.2. The molecule has 0 radical (unpaired) electrons. The zero-order valence-corrected chi connectivity index (χ0v) is 20.3. The van der Waals surface area contributed by atoms with Crippen molar-refractivity contribution in [1.82, 2.24) is 4.90 Å². The summed E-state index contributed by atoms with van der Waals surface area (Å²) in [7, 11) is 0. The summed E-state index contributed by atoms with van der Waals surface area (Å²) in [6, 6.07) is 16.9. The minimum Gasteiger partial charge on any atom is -0.378 e. The van der Waals surface area contributed by atoms with Crippen molar-refractivity contribution in [2.45, 2.75) is 49.2 Å². The zero-order chi connectivity index (χ0) is 21.7. The summed E-state index contributed by atoms with van der Waals surface area (Å²) in [6.07, 6.45) is 4.07. The lowest BCUT2D eigenvalue weighted by Gasteiger charge is -2.47. The Hall–Kier alpha value is -1.38. The van der Waals surface area contributed by atoms with Crippen LogP contribution in [0.15, 0.2) is 48.5 Å². The highest BCUT2D eigenvalue weighted by Gasteiger charge is 2.57. The van der Waals surface area contributed by atoms with Crippen molar-refractivity contribution in [3.63, 3.8) is 0 Å². The third kappa shape index (κ3) is 4.18. The van der Waals surface area contributed by atoms with Crippen LogP contribution >= 0.6 is 23.5 Å². The van der Waals surface area contributed by atoms with E-state index in [4.69, 9.17) is 0 Å². The highest BCUT2D eigenvalue weighted by Crippen LogP contribution is 2.63. The Morgan fingerprint density at radius 2 is 1.48 bits per heavy atom. The molecule has 1 aliphatic carbocycles. The van der Waals surface area contributed by atoms with Crippen LogP contribution in [0.1, 0.15) is 50.7 Å². The first-order chi connectivity index (χ1) is 15.2. The van der Waals surface area contributed by atoms with Crippen molar-refractivity contribution in [3.8, 4) is 23.0 Å². The maximum absolute atomic E-state index is 12.5. The van der Waals surface area contributed by atoms with Crippen molar-refractivity contribution in [3.05, 3.63) is 59.7 Å². The standard InChI is InChI=1S/C27H33NOS2/c1-3-28(4-2)19-12-6-5-11-18-26(30-20-13-21-31-26)27(29)24-16-9-7-14-22(24)23-15-8-10-17-25(23)27/h7-10,14-17,29H,3-5,11,13,18-21H2,1-2H3. The molecule has 2 aliphatic rings. The first kappa shape index (κ1) is 22.8. The number of fused-ring (bicyclic) bond motifs is 3. The van der Waals surface area contributed by atoms with E-state index < -0.39 is 5.60 Å². The molecule has 1 heterocycles. The Morgan fingerprint density at radius 3 is 2.06 bits per heavy atom. The molecule has 0 bridgehead atoms. The van der Waals surface area contributed by atoms with Crippen LogP contribution in [0.25, 0.3) is 11.1 Å². The number of hydrogen-bond acceptors (Lipinski definition) is 4. The Balaban J connectivity index is 1.60. The molecule has 2 aromatic rings. The van der Waals surface area contributed by atoms with E-state index in [1.54, 1.807) is 0 Å². The predicted octanol–water partition coefficient (Wildman–Crippen LogP) is 5.98. The topological polar surface area (TPSA) is 23.5 Å². The quantitative estimate of drug-likeness (QED) is 0.413. The summed E-state index contributed by atoms with van der Waals surface area (Å²) >= 11 is 3.93. The van der Waals surface area contributed by atoms with Crippen LogP contribution in [0, 0.1) is 11.8 Å². The molecule has 1 aliphatic heterocycles. The number of rotatable bonds is 7. The summed E-state index contributed by atoms with van der Waals surface area (Å²) in [4.78, 5) is 2.34. The van der Waals surface area contributed by atoms with E-state index in [1.807, 2.05) is 23.5 Å². The van der Waals surface area contributed by atoms with Crippen molar-refractivity contribution in [2.24, 2.45) is 0 Å². The molecule has 4 heteroatoms. The summed E-state index contributed by atoms with van der Waals surface area (Å²) in [6.45, 7) is 7.32. The van der Waals surface area contributed by atoms with Crippen molar-refractivity contribution in [1.29, 1.82) is 0 Å². The van der Waals surface area contributed by atoms with E-state index in [9.17, 15) is 5.11 Å². The molecular formula is C27H33NOS2. The third-order valence-corrected chi connectivity index (χ3v) is 10.2. The number of hydrogen-bond donors (Lipinski definition) is 1. The maximum atomic E-state index is 12.5. The van der Waals surface area contributed by atoms with Gasteiger partial charge in [-0.25, -0.2) is 0 Å². The fourth-order valence-electron chi connectivity index (χ4n) is 4.84. The summed E-state index contributed by atoms with van der Waals surface area (Å²) in [5, 5.41) is 12.5. The molecular weight excluding hydrogens is 418 g/mol. The van der Waals surface area contributed by atoms with Gasteiger partial charge in [-0.3, -0.25) is 4.90 Å². The number of thioether (sulfide) groups is 2. The van der Waals surface area contributed by atoms with Gasteiger partial charge in [0.2, 0.25) is 0 Å². The molecule has 31 heavy (non-hydrogen) atoms. The van der Waals surface area contributed by atoms with Crippen LogP contribution in [-0.2, 0) is 5.60 Å². The molecule has 0 aromatic heterocycles. The van der Waals surface area contributed by atoms with E-state index in [-0.39, 0.29) is 4.08 Å². The summed E-state index contributed by atoms with van der Waals surface area (Å²) < 4.78 is -0.269. The molecule has 0 atom stereocenters. The summed E-state index contributed by atoms with van der Waals surface area (Å²) in [5.41, 5.74) is 3.55. The largest absolute Gasteiger partial charge is 0.378 e. The van der Waals surface area contributed by atoms with E-state index in [0.29, 0.717) is 0 Å². The van der Waals surface area contributed by atoms with Crippen LogP contribution in [-0.4, -0.2) is 45.2 Å². The van der Waals surface area contributed by atoms with Gasteiger partial charge in [-0.2, -0.15) is 0 Å². The van der Waals surface area contributed by atoms with E-state index in [0.717, 1.165) is 61.5 Å². The molecule has 1 N–H and O–H groups in total. The Kier molecular flexibility index (Phi) is 7.39. The van der Waals surface area contributed by atoms with Gasteiger partial charge in [-0.1, -0.05) is 68.3 Å². The van der Waals surface area contributed by atoms with E-state index >= 15 is 0 Å².